The molecule has 0 unspecified atom stereocenters. The van der Waals surface area contributed by atoms with E-state index >= 15 is 0 Å². The van der Waals surface area contributed by atoms with Gasteiger partial charge in [0.25, 0.3) is 0 Å². The summed E-state index contributed by atoms with van der Waals surface area (Å²) in [6, 6.07) is -0.0740. The lowest BCUT2D eigenvalue weighted by Gasteiger charge is -2.13. The molecule has 0 aromatic rings. The summed E-state index contributed by atoms with van der Waals surface area (Å²) in [5.41, 5.74) is 5.57. The normalized spacial score (nSPS) is 15.4. The van der Waals surface area contributed by atoms with Crippen molar-refractivity contribution in [3.05, 3.63) is 0 Å². The molecule has 0 radical (unpaired) electrons. The van der Waals surface area contributed by atoms with Crippen molar-refractivity contribution in [3.63, 3.8) is 0 Å². The lowest BCUT2D eigenvalue weighted by Crippen LogP contribution is -2.31. The maximum absolute atomic E-state index is 9.44. The molecule has 3 N–H and O–H groups in total. The van der Waals surface area contributed by atoms with Gasteiger partial charge in [-0.15, -0.1) is 0 Å². The van der Waals surface area contributed by atoms with Crippen molar-refractivity contribution in [2.75, 3.05) is 0 Å². The van der Waals surface area contributed by atoms with E-state index in [2.05, 4.69) is 6.92 Å². The van der Waals surface area contributed by atoms with Crippen molar-refractivity contribution in [1.82, 2.24) is 0 Å². The summed E-state index contributed by atoms with van der Waals surface area (Å²) >= 11 is 0. The van der Waals surface area contributed by atoms with Gasteiger partial charge in [-0.2, -0.15) is 0 Å². The molecule has 0 fully saturated rings. The molecule has 0 aromatic heterocycles. The first-order valence-corrected chi connectivity index (χ1v) is 6.12. The van der Waals surface area contributed by atoms with E-state index in [1.807, 2.05) is 6.92 Å². The second-order valence-electron chi connectivity index (χ2n) is 4.34. The topological polar surface area (TPSA) is 46.2 Å². The fourth-order valence-electron chi connectivity index (χ4n) is 1.57. The van der Waals surface area contributed by atoms with E-state index in [1.54, 1.807) is 0 Å². The molecule has 0 saturated carbocycles. The average molecular weight is 201 g/mol. The molecule has 0 aromatic carbocycles. The first-order valence-electron chi connectivity index (χ1n) is 6.12. The number of aliphatic hydroxyl groups is 1. The van der Waals surface area contributed by atoms with Crippen LogP contribution < -0.4 is 5.73 Å². The summed E-state index contributed by atoms with van der Waals surface area (Å²) in [7, 11) is 0. The van der Waals surface area contributed by atoms with Crippen molar-refractivity contribution in [3.8, 4) is 0 Å². The van der Waals surface area contributed by atoms with Gasteiger partial charge in [0, 0.05) is 6.04 Å². The lowest BCUT2D eigenvalue weighted by molar-refractivity contribution is 0.138. The van der Waals surface area contributed by atoms with Crippen LogP contribution in [-0.4, -0.2) is 17.3 Å². The molecule has 0 aliphatic rings. The van der Waals surface area contributed by atoms with Crippen molar-refractivity contribution < 1.29 is 5.11 Å². The van der Waals surface area contributed by atoms with Crippen molar-refractivity contribution in [2.24, 2.45) is 5.73 Å². The number of hydrogen-bond donors (Lipinski definition) is 2. The van der Waals surface area contributed by atoms with E-state index in [4.69, 9.17) is 5.73 Å². The van der Waals surface area contributed by atoms with Gasteiger partial charge in [0.05, 0.1) is 6.10 Å². The molecule has 0 heterocycles. The van der Waals surface area contributed by atoms with Crippen molar-refractivity contribution in [2.45, 2.75) is 77.4 Å². The Bertz CT molecular complexity index is 115. The summed E-state index contributed by atoms with van der Waals surface area (Å²) in [6.45, 7) is 4.10. The van der Waals surface area contributed by atoms with E-state index in [0.29, 0.717) is 0 Å². The Morgan fingerprint density at radius 1 is 1.00 bits per heavy atom. The van der Waals surface area contributed by atoms with Crippen LogP contribution >= 0.6 is 0 Å². The first kappa shape index (κ1) is 13.9. The maximum Gasteiger partial charge on any atom is 0.0688 e. The number of rotatable bonds is 9. The Labute approximate surface area is 88.9 Å². The molecule has 0 spiro atoms. The molecule has 0 rings (SSSR count). The molecular weight excluding hydrogens is 174 g/mol. The van der Waals surface area contributed by atoms with Crippen LogP contribution in [0.3, 0.4) is 0 Å². The molecule has 0 saturated heterocycles. The molecule has 0 amide bonds. The van der Waals surface area contributed by atoms with Gasteiger partial charge in [-0.25, -0.2) is 0 Å². The summed E-state index contributed by atoms with van der Waals surface area (Å²) < 4.78 is 0. The minimum absolute atomic E-state index is 0.0740. The Balaban J connectivity index is 3.06. The van der Waals surface area contributed by atoms with E-state index in [9.17, 15) is 5.11 Å². The van der Waals surface area contributed by atoms with Gasteiger partial charge in [0.1, 0.15) is 0 Å². The van der Waals surface area contributed by atoms with Crippen LogP contribution in [0.2, 0.25) is 0 Å². The lowest BCUT2D eigenvalue weighted by atomic mass is 10.0. The molecule has 14 heavy (non-hydrogen) atoms. The molecule has 2 atom stereocenters. The molecule has 2 nitrogen and oxygen atoms in total. The van der Waals surface area contributed by atoms with Crippen LogP contribution in [0.4, 0.5) is 0 Å². The average Bonchev–Trinajstić information content (AvgIpc) is 2.16. The zero-order chi connectivity index (χ0) is 10.8. The monoisotopic (exact) mass is 201 g/mol. The third-order valence-electron chi connectivity index (χ3n) is 2.71. The quantitative estimate of drug-likeness (QED) is 0.563. The zero-order valence-electron chi connectivity index (χ0n) is 9.84. The van der Waals surface area contributed by atoms with Crippen LogP contribution in [0, 0.1) is 0 Å². The molecule has 0 bridgehead atoms. The van der Waals surface area contributed by atoms with Gasteiger partial charge in [-0.05, 0) is 13.3 Å². The predicted octanol–water partition coefficient (Wildman–Crippen LogP) is 2.84. The fraction of sp³-hybridized carbons (Fsp3) is 1.00. The van der Waals surface area contributed by atoms with Gasteiger partial charge in [-0.1, -0.05) is 51.9 Å². The highest BCUT2D eigenvalue weighted by molar-refractivity contribution is 4.65. The van der Waals surface area contributed by atoms with Crippen LogP contribution in [-0.2, 0) is 0 Å². The van der Waals surface area contributed by atoms with Gasteiger partial charge in [0.15, 0.2) is 0 Å². The Morgan fingerprint density at radius 3 is 2.00 bits per heavy atom. The number of aliphatic hydroxyl groups excluding tert-OH is 1. The number of hydrogen-bond acceptors (Lipinski definition) is 2. The zero-order valence-corrected chi connectivity index (χ0v) is 9.84. The summed E-state index contributed by atoms with van der Waals surface area (Å²) in [4.78, 5) is 0. The molecule has 86 valence electrons. The highest BCUT2D eigenvalue weighted by Gasteiger charge is 2.07. The molecule has 2 heteroatoms. The van der Waals surface area contributed by atoms with Gasteiger partial charge in [0.2, 0.25) is 0 Å². The smallest absolute Gasteiger partial charge is 0.0688 e. The summed E-state index contributed by atoms with van der Waals surface area (Å²) in [5, 5.41) is 9.44. The van der Waals surface area contributed by atoms with E-state index in [-0.39, 0.29) is 12.1 Å². The highest BCUT2D eigenvalue weighted by Crippen LogP contribution is 2.10. The first-order chi connectivity index (χ1) is 6.68. The Hall–Kier alpha value is -0.0800. The van der Waals surface area contributed by atoms with Crippen LogP contribution in [0.1, 0.15) is 65.2 Å². The Morgan fingerprint density at radius 2 is 1.50 bits per heavy atom. The third-order valence-corrected chi connectivity index (χ3v) is 2.71. The molecule has 0 aliphatic heterocycles. The summed E-state index contributed by atoms with van der Waals surface area (Å²) in [5.74, 6) is 0. The second-order valence-corrected chi connectivity index (χ2v) is 4.34. The standard InChI is InChI=1S/C12H27NO/c1-3-4-5-6-7-8-9-10-12(14)11(2)13/h11-12,14H,3-10,13H2,1-2H3/t11-,12-/m0/s1. The van der Waals surface area contributed by atoms with Crippen LogP contribution in [0.15, 0.2) is 0 Å². The second kappa shape index (κ2) is 9.47. The molecular formula is C12H27NO. The Kier molecular flexibility index (Phi) is 9.42. The van der Waals surface area contributed by atoms with Crippen LogP contribution in [0.25, 0.3) is 0 Å². The van der Waals surface area contributed by atoms with Crippen molar-refractivity contribution in [1.29, 1.82) is 0 Å². The highest BCUT2D eigenvalue weighted by atomic mass is 16.3. The summed E-state index contributed by atoms with van der Waals surface area (Å²) in [6.07, 6.45) is 9.63. The van der Waals surface area contributed by atoms with Gasteiger partial charge in [-0.3, -0.25) is 0 Å². The molecule has 0 aliphatic carbocycles. The van der Waals surface area contributed by atoms with E-state index in [1.165, 1.54) is 38.5 Å². The van der Waals surface area contributed by atoms with Gasteiger partial charge >= 0.3 is 0 Å². The van der Waals surface area contributed by atoms with Crippen molar-refractivity contribution >= 4 is 0 Å². The third kappa shape index (κ3) is 8.52. The van der Waals surface area contributed by atoms with E-state index in [0.717, 1.165) is 12.8 Å². The SMILES string of the molecule is CCCCCCCCC[C@H](O)[C@H](C)N. The maximum atomic E-state index is 9.44. The largest absolute Gasteiger partial charge is 0.392 e. The van der Waals surface area contributed by atoms with Crippen LogP contribution in [0.5, 0.6) is 0 Å². The van der Waals surface area contributed by atoms with E-state index < -0.39 is 0 Å². The van der Waals surface area contributed by atoms with Gasteiger partial charge < -0.3 is 10.8 Å². The number of unbranched alkanes of at least 4 members (excludes halogenated alkanes) is 6. The minimum Gasteiger partial charge on any atom is -0.392 e. The minimum atomic E-state index is -0.300. The number of nitrogens with two attached hydrogens (primary N) is 1. The predicted molar refractivity (Wildman–Crippen MR) is 62.3 cm³/mol. The fourth-order valence-corrected chi connectivity index (χ4v) is 1.57.